The highest BCUT2D eigenvalue weighted by molar-refractivity contribution is 7.80. The second-order valence-corrected chi connectivity index (χ2v) is 6.66. The van der Waals surface area contributed by atoms with Crippen LogP contribution in [0.15, 0.2) is 35.7 Å². The smallest absolute Gasteiger partial charge is 0.137 e. The number of halogens is 1. The molecule has 0 saturated carbocycles. The molecule has 1 unspecified atom stereocenters. The van der Waals surface area contributed by atoms with Gasteiger partial charge in [0.1, 0.15) is 10.8 Å². The summed E-state index contributed by atoms with van der Waals surface area (Å²) in [6, 6.07) is 9.71. The van der Waals surface area contributed by atoms with Crippen molar-refractivity contribution in [2.75, 3.05) is 7.05 Å². The Morgan fingerprint density at radius 2 is 2.14 bits per heavy atom. The average Bonchev–Trinajstić information content (AvgIpc) is 2.93. The van der Waals surface area contributed by atoms with Crippen LogP contribution in [0.1, 0.15) is 22.9 Å². The summed E-state index contributed by atoms with van der Waals surface area (Å²) in [6.07, 6.45) is 0.963. The van der Waals surface area contributed by atoms with Crippen LogP contribution in [0.2, 0.25) is 0 Å². The number of benzene rings is 1. The van der Waals surface area contributed by atoms with Crippen molar-refractivity contribution in [3.8, 4) is 0 Å². The van der Waals surface area contributed by atoms with Gasteiger partial charge >= 0.3 is 0 Å². The number of nitrogens with two attached hydrogens (primary N) is 1. The molecule has 0 aliphatic rings. The standard InChI is InChI=1S/C16H19FN2S2/c1-11(9-13-6-4-8-21-13)19(2)10-12-5-3-7-14(15(12)17)16(18)20/h3-8,11H,9-10H2,1-2H3,(H2,18,20). The maximum atomic E-state index is 14.3. The van der Waals surface area contributed by atoms with Gasteiger partial charge in [-0.1, -0.05) is 30.4 Å². The fourth-order valence-electron chi connectivity index (χ4n) is 2.19. The molecule has 0 aliphatic carbocycles. The monoisotopic (exact) mass is 322 g/mol. The van der Waals surface area contributed by atoms with E-state index in [-0.39, 0.29) is 10.8 Å². The van der Waals surface area contributed by atoms with E-state index >= 15 is 0 Å². The van der Waals surface area contributed by atoms with Gasteiger partial charge in [-0.3, -0.25) is 4.90 Å². The zero-order chi connectivity index (χ0) is 15.4. The van der Waals surface area contributed by atoms with E-state index in [4.69, 9.17) is 18.0 Å². The lowest BCUT2D eigenvalue weighted by molar-refractivity contribution is 0.245. The molecule has 1 heterocycles. The first-order valence-electron chi connectivity index (χ1n) is 6.79. The van der Waals surface area contributed by atoms with Gasteiger partial charge in [0.2, 0.25) is 0 Å². The van der Waals surface area contributed by atoms with E-state index in [1.807, 2.05) is 7.05 Å². The SMILES string of the molecule is CC(Cc1cccs1)N(C)Cc1cccc(C(N)=S)c1F. The van der Waals surface area contributed by atoms with Crippen LogP contribution >= 0.6 is 23.6 Å². The third-order valence-electron chi connectivity index (χ3n) is 3.59. The molecule has 0 aliphatic heterocycles. The van der Waals surface area contributed by atoms with Crippen molar-refractivity contribution in [1.82, 2.24) is 4.90 Å². The average molecular weight is 322 g/mol. The van der Waals surface area contributed by atoms with Gasteiger partial charge in [-0.2, -0.15) is 0 Å². The van der Waals surface area contributed by atoms with Crippen LogP contribution in [0, 0.1) is 5.82 Å². The minimum absolute atomic E-state index is 0.101. The van der Waals surface area contributed by atoms with Crippen molar-refractivity contribution in [2.45, 2.75) is 25.9 Å². The second kappa shape index (κ2) is 7.11. The van der Waals surface area contributed by atoms with Crippen LogP contribution < -0.4 is 5.73 Å². The molecule has 2 N–H and O–H groups in total. The van der Waals surface area contributed by atoms with E-state index < -0.39 is 0 Å². The number of hydrogen-bond acceptors (Lipinski definition) is 3. The molecule has 5 heteroatoms. The first-order valence-corrected chi connectivity index (χ1v) is 8.07. The number of thiophene rings is 1. The lowest BCUT2D eigenvalue weighted by atomic mass is 10.1. The van der Waals surface area contributed by atoms with E-state index in [1.54, 1.807) is 29.5 Å². The van der Waals surface area contributed by atoms with E-state index in [0.29, 0.717) is 23.7 Å². The van der Waals surface area contributed by atoms with E-state index in [9.17, 15) is 4.39 Å². The highest BCUT2D eigenvalue weighted by Crippen LogP contribution is 2.18. The minimum Gasteiger partial charge on any atom is -0.389 e. The Bertz CT molecular complexity index is 611. The summed E-state index contributed by atoms with van der Waals surface area (Å²) >= 11 is 6.63. The van der Waals surface area contributed by atoms with Gasteiger partial charge in [-0.25, -0.2) is 4.39 Å². The Morgan fingerprint density at radius 1 is 1.38 bits per heavy atom. The van der Waals surface area contributed by atoms with Crippen LogP contribution in [0.25, 0.3) is 0 Å². The number of likely N-dealkylation sites (N-methyl/N-ethyl adjacent to an activating group) is 1. The molecule has 0 bridgehead atoms. The highest BCUT2D eigenvalue weighted by atomic mass is 32.1. The molecule has 1 aromatic carbocycles. The number of rotatable bonds is 6. The lowest BCUT2D eigenvalue weighted by Crippen LogP contribution is -2.30. The van der Waals surface area contributed by atoms with Crippen LogP contribution in [-0.4, -0.2) is 23.0 Å². The Labute approximate surface area is 134 Å². The van der Waals surface area contributed by atoms with Crippen molar-refractivity contribution in [1.29, 1.82) is 0 Å². The summed E-state index contributed by atoms with van der Waals surface area (Å²) in [5.41, 5.74) is 6.49. The first-order chi connectivity index (χ1) is 9.99. The summed E-state index contributed by atoms with van der Waals surface area (Å²) in [6.45, 7) is 2.68. The van der Waals surface area contributed by atoms with Gasteiger partial charge in [-0.05, 0) is 37.9 Å². The van der Waals surface area contributed by atoms with Crippen LogP contribution in [0.5, 0.6) is 0 Å². The number of hydrogen-bond donors (Lipinski definition) is 1. The van der Waals surface area contributed by atoms with Gasteiger partial charge in [0.15, 0.2) is 0 Å². The lowest BCUT2D eigenvalue weighted by Gasteiger charge is -2.25. The predicted octanol–water partition coefficient (Wildman–Crippen LogP) is 3.58. The molecule has 0 radical (unpaired) electrons. The third-order valence-corrected chi connectivity index (χ3v) is 4.71. The van der Waals surface area contributed by atoms with Crippen LogP contribution in [0.3, 0.4) is 0 Å². The molecule has 0 saturated heterocycles. The maximum Gasteiger partial charge on any atom is 0.137 e. The van der Waals surface area contributed by atoms with Gasteiger partial charge in [0.25, 0.3) is 0 Å². The highest BCUT2D eigenvalue weighted by Gasteiger charge is 2.15. The molecule has 21 heavy (non-hydrogen) atoms. The van der Waals surface area contributed by atoms with Crippen LogP contribution in [0.4, 0.5) is 4.39 Å². The van der Waals surface area contributed by atoms with E-state index in [0.717, 1.165) is 6.42 Å². The molecular weight excluding hydrogens is 303 g/mol. The Hall–Kier alpha value is -1.30. The Kier molecular flexibility index (Phi) is 5.45. The number of thiocarbonyl (C=S) groups is 1. The largest absolute Gasteiger partial charge is 0.389 e. The predicted molar refractivity (Wildman–Crippen MR) is 91.2 cm³/mol. The molecular formula is C16H19FN2S2. The summed E-state index contributed by atoms with van der Waals surface area (Å²) in [5.74, 6) is -0.305. The molecule has 0 fully saturated rings. The quantitative estimate of drug-likeness (QED) is 0.824. The molecule has 0 spiro atoms. The van der Waals surface area contributed by atoms with E-state index in [2.05, 4.69) is 29.3 Å². The zero-order valence-electron chi connectivity index (χ0n) is 12.2. The molecule has 1 atom stereocenters. The summed E-state index contributed by atoms with van der Waals surface area (Å²) in [4.78, 5) is 3.58. The Balaban J connectivity index is 2.07. The fraction of sp³-hybridized carbons (Fsp3) is 0.312. The Morgan fingerprint density at radius 3 is 2.76 bits per heavy atom. The molecule has 2 nitrogen and oxygen atoms in total. The van der Waals surface area contributed by atoms with Crippen molar-refractivity contribution in [3.05, 3.63) is 57.5 Å². The second-order valence-electron chi connectivity index (χ2n) is 5.19. The summed E-state index contributed by atoms with van der Waals surface area (Å²) in [5, 5.41) is 2.08. The molecule has 0 amide bonds. The van der Waals surface area contributed by atoms with Crippen LogP contribution in [-0.2, 0) is 13.0 Å². The van der Waals surface area contributed by atoms with E-state index in [1.165, 1.54) is 4.88 Å². The van der Waals surface area contributed by atoms with Gasteiger partial charge in [0.05, 0.1) is 0 Å². The molecule has 2 rings (SSSR count). The third kappa shape index (κ3) is 4.09. The fourth-order valence-corrected chi connectivity index (χ4v) is 3.18. The van der Waals surface area contributed by atoms with Gasteiger partial charge < -0.3 is 5.73 Å². The minimum atomic E-state index is -0.305. The first kappa shape index (κ1) is 16.1. The molecule has 112 valence electrons. The van der Waals surface area contributed by atoms with Crippen molar-refractivity contribution >= 4 is 28.5 Å². The van der Waals surface area contributed by atoms with Crippen molar-refractivity contribution in [3.63, 3.8) is 0 Å². The maximum absolute atomic E-state index is 14.3. The van der Waals surface area contributed by atoms with Gasteiger partial charge in [0, 0.05) is 28.6 Å². The van der Waals surface area contributed by atoms with Crippen molar-refractivity contribution < 1.29 is 4.39 Å². The summed E-state index contributed by atoms with van der Waals surface area (Å²) in [7, 11) is 2.01. The topological polar surface area (TPSA) is 29.3 Å². The zero-order valence-corrected chi connectivity index (χ0v) is 13.8. The normalized spacial score (nSPS) is 12.6. The van der Waals surface area contributed by atoms with Crippen molar-refractivity contribution in [2.24, 2.45) is 5.73 Å². The summed E-state index contributed by atoms with van der Waals surface area (Å²) < 4.78 is 14.3. The molecule has 1 aromatic heterocycles. The number of nitrogens with zero attached hydrogens (tertiary/aromatic N) is 1. The van der Waals surface area contributed by atoms with Gasteiger partial charge in [-0.15, -0.1) is 11.3 Å². The molecule has 2 aromatic rings.